The van der Waals surface area contributed by atoms with Gasteiger partial charge < -0.3 is 38.7 Å². The molecule has 47 heavy (non-hydrogen) atoms. The van der Waals surface area contributed by atoms with Gasteiger partial charge in [0.25, 0.3) is 5.91 Å². The molecule has 2 fully saturated rings. The van der Waals surface area contributed by atoms with E-state index in [9.17, 15) is 14.4 Å². The van der Waals surface area contributed by atoms with Crippen LogP contribution in [0.5, 0.6) is 11.5 Å². The molecule has 3 aromatic carbocycles. The molecule has 6 rings (SSSR count). The van der Waals surface area contributed by atoms with E-state index in [1.54, 1.807) is 66.1 Å². The first kappa shape index (κ1) is 33.5. The second kappa shape index (κ2) is 16.1. The Balaban J connectivity index is 0.000000227. The lowest BCUT2D eigenvalue weighted by Crippen LogP contribution is -2.13. The minimum absolute atomic E-state index is 0.211. The van der Waals surface area contributed by atoms with Crippen LogP contribution in [0.3, 0.4) is 0 Å². The molecule has 11 heteroatoms. The number of amides is 1. The van der Waals surface area contributed by atoms with Gasteiger partial charge in [-0.15, -0.1) is 0 Å². The van der Waals surface area contributed by atoms with Crippen LogP contribution in [-0.4, -0.2) is 73.8 Å². The molecular weight excluding hydrogens is 604 g/mol. The summed E-state index contributed by atoms with van der Waals surface area (Å²) in [4.78, 5) is 35.4. The summed E-state index contributed by atoms with van der Waals surface area (Å²) >= 11 is 0. The SMILES string of the molecule is CCOC(=O)c1cc2cc(NC(=O)c3ccc(OCC4CCOC4)cc3)ccc2n1C.O=C(O)c1ccc(OCC2CCOC2)cc1. The minimum atomic E-state index is -0.921. The van der Waals surface area contributed by atoms with Crippen LogP contribution < -0.4 is 14.8 Å². The number of anilines is 1. The summed E-state index contributed by atoms with van der Waals surface area (Å²) in [6, 6.07) is 20.8. The van der Waals surface area contributed by atoms with Crippen LogP contribution in [0.4, 0.5) is 5.69 Å². The number of hydrogen-bond acceptors (Lipinski definition) is 8. The highest BCUT2D eigenvalue weighted by molar-refractivity contribution is 6.05. The number of aryl methyl sites for hydroxylation is 1. The summed E-state index contributed by atoms with van der Waals surface area (Å²) in [5.74, 6) is 0.832. The van der Waals surface area contributed by atoms with E-state index in [4.69, 9.17) is 28.8 Å². The summed E-state index contributed by atoms with van der Waals surface area (Å²) in [6.07, 6.45) is 2.06. The third-order valence-corrected chi connectivity index (χ3v) is 8.02. The molecule has 0 aliphatic carbocycles. The Kier molecular flexibility index (Phi) is 11.5. The summed E-state index contributed by atoms with van der Waals surface area (Å²) in [5.41, 5.74) is 2.82. The summed E-state index contributed by atoms with van der Waals surface area (Å²) in [5, 5.41) is 12.5. The first-order valence-electron chi connectivity index (χ1n) is 15.7. The Morgan fingerprint density at radius 1 is 0.830 bits per heavy atom. The van der Waals surface area contributed by atoms with Crippen molar-refractivity contribution in [2.45, 2.75) is 19.8 Å². The molecule has 0 spiro atoms. The van der Waals surface area contributed by atoms with Crippen molar-refractivity contribution in [2.75, 3.05) is 51.6 Å². The predicted octanol–water partition coefficient (Wildman–Crippen LogP) is 5.82. The number of aromatic nitrogens is 1. The molecule has 4 aromatic rings. The molecule has 2 aliphatic rings. The van der Waals surface area contributed by atoms with Crippen LogP contribution in [0.25, 0.3) is 10.9 Å². The lowest BCUT2D eigenvalue weighted by Gasteiger charge is -2.11. The number of esters is 1. The number of carbonyl (C=O) groups is 3. The lowest BCUT2D eigenvalue weighted by atomic mass is 10.1. The Bertz CT molecular complexity index is 1650. The average molecular weight is 645 g/mol. The molecule has 2 N–H and O–H groups in total. The maximum atomic E-state index is 12.6. The van der Waals surface area contributed by atoms with Gasteiger partial charge in [-0.2, -0.15) is 0 Å². The number of nitrogens with zero attached hydrogens (tertiary/aromatic N) is 1. The highest BCUT2D eigenvalue weighted by Crippen LogP contribution is 2.24. The normalized spacial score (nSPS) is 17.1. The standard InChI is InChI=1S/C24H26N2O5.C12H14O4/c1-3-30-24(28)22-13-18-12-19(6-9-21(18)26(22)2)25-23(27)17-4-7-20(8-5-17)31-15-16-10-11-29-14-16;13-12(14)10-1-3-11(4-2-10)16-8-9-5-6-15-7-9/h4-9,12-13,16H,3,10-11,14-15H2,1-2H3,(H,25,27);1-4,9H,5-8H2,(H,13,14). The number of aromatic carboxylic acids is 1. The summed E-state index contributed by atoms with van der Waals surface area (Å²) in [7, 11) is 1.82. The molecule has 2 unspecified atom stereocenters. The summed E-state index contributed by atoms with van der Waals surface area (Å²) < 4.78 is 28.8. The number of rotatable bonds is 11. The maximum absolute atomic E-state index is 12.6. The van der Waals surface area contributed by atoms with Crippen molar-refractivity contribution in [1.29, 1.82) is 0 Å². The predicted molar refractivity (Wildman–Crippen MR) is 176 cm³/mol. The van der Waals surface area contributed by atoms with Crippen LogP contribution in [-0.2, 0) is 21.3 Å². The van der Waals surface area contributed by atoms with E-state index in [0.717, 1.165) is 55.9 Å². The second-order valence-electron chi connectivity index (χ2n) is 11.5. The third-order valence-electron chi connectivity index (χ3n) is 8.02. The molecule has 1 amide bonds. The number of carboxylic acid groups (broad SMARTS) is 1. The van der Waals surface area contributed by atoms with Crippen molar-refractivity contribution < 1.29 is 43.2 Å². The molecule has 248 valence electrons. The number of fused-ring (bicyclic) bond motifs is 1. The van der Waals surface area contributed by atoms with E-state index in [1.807, 2.05) is 25.2 Å². The first-order chi connectivity index (χ1) is 22.8. The first-order valence-corrected chi connectivity index (χ1v) is 15.7. The van der Waals surface area contributed by atoms with Gasteiger partial charge in [0.15, 0.2) is 0 Å². The van der Waals surface area contributed by atoms with Gasteiger partial charge in [0.1, 0.15) is 17.2 Å². The number of hydrogen-bond donors (Lipinski definition) is 2. The van der Waals surface area contributed by atoms with Crippen molar-refractivity contribution in [1.82, 2.24) is 4.57 Å². The van der Waals surface area contributed by atoms with E-state index in [1.165, 1.54) is 0 Å². The van der Waals surface area contributed by atoms with Gasteiger partial charge in [-0.25, -0.2) is 9.59 Å². The van der Waals surface area contributed by atoms with Gasteiger partial charge in [-0.1, -0.05) is 0 Å². The Labute approximate surface area is 273 Å². The number of nitrogens with one attached hydrogen (secondary N) is 1. The van der Waals surface area contributed by atoms with Gasteiger partial charge in [0, 0.05) is 54.3 Å². The van der Waals surface area contributed by atoms with Gasteiger partial charge in [0.05, 0.1) is 38.6 Å². The molecule has 3 heterocycles. The van der Waals surface area contributed by atoms with E-state index in [-0.39, 0.29) is 17.4 Å². The van der Waals surface area contributed by atoms with Crippen molar-refractivity contribution in [3.63, 3.8) is 0 Å². The van der Waals surface area contributed by atoms with Crippen LogP contribution in [0.15, 0.2) is 72.8 Å². The maximum Gasteiger partial charge on any atom is 0.354 e. The zero-order valence-electron chi connectivity index (χ0n) is 26.6. The molecule has 2 saturated heterocycles. The molecule has 2 atom stereocenters. The largest absolute Gasteiger partial charge is 0.493 e. The molecule has 0 radical (unpaired) electrons. The van der Waals surface area contributed by atoms with Crippen molar-refractivity contribution in [2.24, 2.45) is 18.9 Å². The van der Waals surface area contributed by atoms with Gasteiger partial charge in [-0.05, 0) is 92.6 Å². The number of benzene rings is 3. The minimum Gasteiger partial charge on any atom is -0.493 e. The fourth-order valence-electron chi connectivity index (χ4n) is 5.29. The number of carbonyl (C=O) groups excluding carboxylic acids is 2. The van der Waals surface area contributed by atoms with Crippen molar-refractivity contribution in [3.8, 4) is 11.5 Å². The van der Waals surface area contributed by atoms with Crippen molar-refractivity contribution in [3.05, 3.63) is 89.6 Å². The lowest BCUT2D eigenvalue weighted by molar-refractivity contribution is 0.0515. The van der Waals surface area contributed by atoms with Crippen molar-refractivity contribution >= 4 is 34.4 Å². The van der Waals surface area contributed by atoms with Crippen LogP contribution in [0.1, 0.15) is 51.0 Å². The fraction of sp³-hybridized carbons (Fsp3) is 0.361. The monoisotopic (exact) mass is 644 g/mol. The van der Waals surface area contributed by atoms with Gasteiger partial charge in [-0.3, -0.25) is 4.79 Å². The van der Waals surface area contributed by atoms with E-state index in [0.29, 0.717) is 54.4 Å². The zero-order valence-corrected chi connectivity index (χ0v) is 26.6. The average Bonchev–Trinajstić information content (AvgIpc) is 3.86. The van der Waals surface area contributed by atoms with Gasteiger partial charge in [0.2, 0.25) is 0 Å². The Morgan fingerprint density at radius 2 is 1.40 bits per heavy atom. The topological polar surface area (TPSA) is 135 Å². The Hall–Kier alpha value is -4.87. The highest BCUT2D eigenvalue weighted by atomic mass is 16.5. The second-order valence-corrected chi connectivity index (χ2v) is 11.5. The van der Waals surface area contributed by atoms with E-state index < -0.39 is 5.97 Å². The quantitative estimate of drug-likeness (QED) is 0.194. The molecule has 1 aromatic heterocycles. The molecule has 11 nitrogen and oxygen atoms in total. The van der Waals surface area contributed by atoms with E-state index in [2.05, 4.69) is 5.32 Å². The molecule has 0 bridgehead atoms. The summed E-state index contributed by atoms with van der Waals surface area (Å²) in [6.45, 7) is 6.46. The van der Waals surface area contributed by atoms with Crippen LogP contribution in [0.2, 0.25) is 0 Å². The smallest absolute Gasteiger partial charge is 0.354 e. The number of ether oxygens (including phenoxy) is 5. The Morgan fingerprint density at radius 3 is 1.91 bits per heavy atom. The number of carboxylic acids is 1. The fourth-order valence-corrected chi connectivity index (χ4v) is 5.29. The highest BCUT2D eigenvalue weighted by Gasteiger charge is 2.18. The molecule has 0 saturated carbocycles. The van der Waals surface area contributed by atoms with Gasteiger partial charge >= 0.3 is 11.9 Å². The van der Waals surface area contributed by atoms with E-state index >= 15 is 0 Å². The van der Waals surface area contributed by atoms with Crippen LogP contribution in [0, 0.1) is 11.8 Å². The molecular formula is C36H40N2O9. The zero-order chi connectivity index (χ0) is 33.2. The van der Waals surface area contributed by atoms with Crippen LogP contribution >= 0.6 is 0 Å². The molecule has 2 aliphatic heterocycles. The third kappa shape index (κ3) is 9.11.